The lowest BCUT2D eigenvalue weighted by Gasteiger charge is -2.38. The predicted octanol–water partition coefficient (Wildman–Crippen LogP) is 6.17. The Kier molecular flexibility index (Phi) is 9.78. The minimum Gasteiger partial charge on any atom is -0.465 e. The second-order valence-corrected chi connectivity index (χ2v) is 7.09. The average Bonchev–Trinajstić information content (AvgIpc) is 2.80. The summed E-state index contributed by atoms with van der Waals surface area (Å²) in [6.07, 6.45) is -42.4. The number of carbonyl (C=O) groups is 2. The van der Waals surface area contributed by atoms with Crippen LogP contribution in [0.5, 0.6) is 5.75 Å². The fourth-order valence-corrected chi connectivity index (χ4v) is 2.29. The summed E-state index contributed by atoms with van der Waals surface area (Å²) in [7, 11) is 1.33. The van der Waals surface area contributed by atoms with E-state index in [1.165, 1.54) is 4.74 Å². The number of alkyl halides is 16. The van der Waals surface area contributed by atoms with E-state index in [1.54, 1.807) is 0 Å². The van der Waals surface area contributed by atoms with Crippen molar-refractivity contribution < 1.29 is 104 Å². The van der Waals surface area contributed by atoms with Crippen molar-refractivity contribution in [2.24, 2.45) is 0 Å². The van der Waals surface area contributed by atoms with Gasteiger partial charge in [0.25, 0.3) is 0 Å². The molecule has 0 aliphatic heterocycles. The quantitative estimate of drug-likeness (QED) is 0.211. The van der Waals surface area contributed by atoms with Gasteiger partial charge >= 0.3 is 60.8 Å². The number of hydrogen-bond acceptors (Lipinski definition) is 7. The number of carbonyl (C=O) groups excluding carboxylic acids is 2. The Morgan fingerprint density at radius 3 is 1.61 bits per heavy atom. The summed E-state index contributed by atoms with van der Waals surface area (Å²) in [6.45, 7) is 0. The Morgan fingerprint density at radius 1 is 0.707 bits per heavy atom. The molecule has 0 N–H and O–H groups in total. The fourth-order valence-electron chi connectivity index (χ4n) is 2.29. The van der Waals surface area contributed by atoms with Gasteiger partial charge in [0.05, 0.1) is 19.8 Å². The minimum absolute atomic E-state index is 0.120. The van der Waals surface area contributed by atoms with Crippen LogP contribution in [-0.4, -0.2) is 75.0 Å². The number of ether oxygens (including phenoxy) is 5. The number of methoxy groups -OCH3 is 2. The largest absolute Gasteiger partial charge is 0.465 e. The van der Waals surface area contributed by atoms with Crippen LogP contribution in [0.4, 0.5) is 70.2 Å². The Hall–Kier alpha value is -3.24. The van der Waals surface area contributed by atoms with Gasteiger partial charge in [-0.3, -0.25) is 9.47 Å². The smallest absolute Gasteiger partial charge is 0.462 e. The Morgan fingerprint density at radius 2 is 1.20 bits per heavy atom. The average molecular weight is 642 g/mol. The highest BCUT2D eigenvalue weighted by molar-refractivity contribution is 5.96. The van der Waals surface area contributed by atoms with Crippen LogP contribution in [0.2, 0.25) is 0 Å². The maximum atomic E-state index is 14.2. The molecule has 0 bridgehead atoms. The van der Waals surface area contributed by atoms with E-state index in [-0.39, 0.29) is 6.07 Å². The van der Waals surface area contributed by atoms with Gasteiger partial charge in [-0.1, -0.05) is 0 Å². The topological polar surface area (TPSA) is 80.3 Å². The number of esters is 2. The van der Waals surface area contributed by atoms with Crippen molar-refractivity contribution in [2.45, 2.75) is 48.8 Å². The first-order valence-corrected chi connectivity index (χ1v) is 9.47. The van der Waals surface area contributed by atoms with Crippen molar-refractivity contribution in [2.75, 3.05) is 14.2 Å². The van der Waals surface area contributed by atoms with Gasteiger partial charge in [0.2, 0.25) is 0 Å². The molecule has 0 heterocycles. The zero-order valence-corrected chi connectivity index (χ0v) is 19.2. The number of benzene rings is 1. The molecule has 7 nitrogen and oxygen atoms in total. The summed E-state index contributed by atoms with van der Waals surface area (Å²) in [5, 5.41) is 0. The molecule has 0 spiro atoms. The first-order valence-electron chi connectivity index (χ1n) is 9.47. The van der Waals surface area contributed by atoms with Crippen molar-refractivity contribution in [3.8, 4) is 5.75 Å². The predicted molar refractivity (Wildman–Crippen MR) is 92.6 cm³/mol. The molecular formula is C18H10F16O7. The van der Waals surface area contributed by atoms with Crippen LogP contribution < -0.4 is 4.74 Å². The van der Waals surface area contributed by atoms with Crippen molar-refractivity contribution in [3.05, 3.63) is 29.3 Å². The van der Waals surface area contributed by atoms with Crippen LogP contribution >= 0.6 is 0 Å². The molecule has 1 aromatic rings. The van der Waals surface area contributed by atoms with E-state index < -0.39 is 77.6 Å². The van der Waals surface area contributed by atoms with Crippen LogP contribution in [0.25, 0.3) is 0 Å². The maximum absolute atomic E-state index is 14.2. The minimum atomic E-state index is -7.87. The second kappa shape index (κ2) is 11.2. The van der Waals surface area contributed by atoms with Gasteiger partial charge in [-0.15, -0.1) is 0 Å². The summed E-state index contributed by atoms with van der Waals surface area (Å²) in [5.74, 6) is -20.4. The molecule has 2 atom stereocenters. The molecule has 0 aliphatic carbocycles. The van der Waals surface area contributed by atoms with E-state index in [0.717, 1.165) is 7.11 Å². The third kappa shape index (κ3) is 6.98. The van der Waals surface area contributed by atoms with Crippen molar-refractivity contribution in [1.29, 1.82) is 0 Å². The summed E-state index contributed by atoms with van der Waals surface area (Å²) < 4.78 is 227. The molecule has 0 saturated heterocycles. The third-order valence-corrected chi connectivity index (χ3v) is 4.30. The molecule has 0 saturated carbocycles. The molecule has 0 fully saturated rings. The molecular weight excluding hydrogens is 632 g/mol. The molecule has 236 valence electrons. The first kappa shape index (κ1) is 35.8. The van der Waals surface area contributed by atoms with Gasteiger partial charge in [-0.05, 0) is 18.2 Å². The molecule has 0 amide bonds. The standard InChI is InChI=1S/C18H10F16O7/c1-37-9(35)6-3-4-7(10(36)38-2)8(5-6)39-12(20,21)11(19)40-18(33,34)14(24,16(28,29)30)41-17(31,32)13(22,23)15(25,26)27/h3-5,11H,1-2H3. The van der Waals surface area contributed by atoms with E-state index in [9.17, 15) is 79.8 Å². The highest BCUT2D eigenvalue weighted by Gasteiger charge is 2.84. The van der Waals surface area contributed by atoms with Crippen LogP contribution in [0, 0.1) is 0 Å². The number of halogens is 16. The van der Waals surface area contributed by atoms with Gasteiger partial charge in [0, 0.05) is 0 Å². The van der Waals surface area contributed by atoms with E-state index in [4.69, 9.17) is 0 Å². The highest BCUT2D eigenvalue weighted by Crippen LogP contribution is 2.55. The van der Waals surface area contributed by atoms with E-state index in [1.807, 2.05) is 0 Å². The lowest BCUT2D eigenvalue weighted by molar-refractivity contribution is -0.543. The lowest BCUT2D eigenvalue weighted by atomic mass is 10.1. The van der Waals surface area contributed by atoms with Gasteiger partial charge < -0.3 is 14.2 Å². The van der Waals surface area contributed by atoms with Gasteiger partial charge in [0.15, 0.2) is 0 Å². The Labute approximate surface area is 214 Å². The normalized spacial score (nSPS) is 16.0. The number of rotatable bonds is 11. The monoisotopic (exact) mass is 642 g/mol. The highest BCUT2D eigenvalue weighted by atomic mass is 19.4. The first-order chi connectivity index (χ1) is 18.1. The zero-order valence-electron chi connectivity index (χ0n) is 19.2. The second-order valence-electron chi connectivity index (χ2n) is 7.09. The SMILES string of the molecule is COC(=O)c1ccc(C(=O)OC)c(OC(F)(F)C(F)OC(F)(F)C(F)(OC(F)(F)C(F)(F)C(F)(F)F)C(F)(F)F)c1. The summed E-state index contributed by atoms with van der Waals surface area (Å²) in [5.41, 5.74) is -1.97. The Bertz CT molecular complexity index is 1120. The maximum Gasteiger partial charge on any atom is 0.462 e. The van der Waals surface area contributed by atoms with E-state index >= 15 is 0 Å². The molecule has 2 unspecified atom stereocenters. The molecule has 0 aliphatic rings. The lowest BCUT2D eigenvalue weighted by Crippen LogP contribution is -2.66. The Balaban J connectivity index is 3.52. The van der Waals surface area contributed by atoms with Crippen molar-refractivity contribution >= 4 is 11.9 Å². The van der Waals surface area contributed by atoms with E-state index in [0.29, 0.717) is 19.2 Å². The van der Waals surface area contributed by atoms with Gasteiger partial charge in [0.1, 0.15) is 11.3 Å². The summed E-state index contributed by atoms with van der Waals surface area (Å²) in [4.78, 5) is 23.2. The van der Waals surface area contributed by atoms with Crippen LogP contribution in [-0.2, 0) is 18.9 Å². The van der Waals surface area contributed by atoms with Gasteiger partial charge in [-0.25, -0.2) is 14.0 Å². The molecule has 23 heteroatoms. The zero-order chi connectivity index (χ0) is 32.6. The third-order valence-electron chi connectivity index (χ3n) is 4.30. The fraction of sp³-hybridized carbons (Fsp3) is 0.556. The molecule has 1 aromatic carbocycles. The van der Waals surface area contributed by atoms with Crippen LogP contribution in [0.15, 0.2) is 18.2 Å². The van der Waals surface area contributed by atoms with Crippen LogP contribution in [0.3, 0.4) is 0 Å². The summed E-state index contributed by atoms with van der Waals surface area (Å²) in [6, 6.07) is 1.23. The number of hydrogen-bond donors (Lipinski definition) is 0. The molecule has 41 heavy (non-hydrogen) atoms. The summed E-state index contributed by atoms with van der Waals surface area (Å²) >= 11 is 0. The molecule has 0 radical (unpaired) electrons. The molecule has 0 aromatic heterocycles. The van der Waals surface area contributed by atoms with Crippen molar-refractivity contribution in [1.82, 2.24) is 0 Å². The van der Waals surface area contributed by atoms with Crippen molar-refractivity contribution in [3.63, 3.8) is 0 Å². The van der Waals surface area contributed by atoms with Crippen LogP contribution in [0.1, 0.15) is 20.7 Å². The van der Waals surface area contributed by atoms with Gasteiger partial charge in [-0.2, -0.15) is 65.9 Å². The molecule has 1 rings (SSSR count). The van der Waals surface area contributed by atoms with E-state index in [2.05, 4.69) is 18.9 Å².